The van der Waals surface area contributed by atoms with Crippen LogP contribution in [0.2, 0.25) is 0 Å². The predicted octanol–water partition coefficient (Wildman–Crippen LogP) is 5.97. The highest BCUT2D eigenvalue weighted by atomic mass is 19.1. The first-order valence-corrected chi connectivity index (χ1v) is 21.9. The number of carbonyl (C=O) groups excluding carboxylic acids is 5. The number of Topliss-reactive ketones (excluding diaryl/α,β-unsaturated/α-hetero) is 1. The van der Waals surface area contributed by atoms with E-state index in [1.54, 1.807) is 63.5 Å². The molecule has 1 unspecified atom stereocenters. The molecule has 11 atom stereocenters. The first-order chi connectivity index (χ1) is 29.9. The van der Waals surface area contributed by atoms with Gasteiger partial charge in [-0.3, -0.25) is 29.0 Å². The number of anilines is 1. The number of allylic oxidation sites excluding steroid dienone is 4. The second-order valence-electron chi connectivity index (χ2n) is 19.2. The molecular weight excluding hydrogens is 810 g/mol. The summed E-state index contributed by atoms with van der Waals surface area (Å²) in [7, 11) is 0. The molecule has 4 saturated carbocycles. The predicted molar refractivity (Wildman–Crippen MR) is 227 cm³/mol. The Labute approximate surface area is 364 Å². The van der Waals surface area contributed by atoms with Crippen LogP contribution in [-0.2, 0) is 49.5 Å². The molecule has 1 aliphatic heterocycles. The third-order valence-corrected chi connectivity index (χ3v) is 15.5. The van der Waals surface area contributed by atoms with Crippen LogP contribution in [0.3, 0.4) is 0 Å². The van der Waals surface area contributed by atoms with E-state index >= 15 is 4.39 Å². The minimum absolute atomic E-state index is 0.0593. The molecule has 1 saturated heterocycles. The van der Waals surface area contributed by atoms with Crippen molar-refractivity contribution in [3.63, 3.8) is 0 Å². The fraction of sp³-hybridized carbons (Fsp3) is 0.510. The molecule has 6 aliphatic rings. The number of halogens is 1. The summed E-state index contributed by atoms with van der Waals surface area (Å²) in [6.07, 6.45) is 7.41. The van der Waals surface area contributed by atoms with Crippen molar-refractivity contribution in [2.45, 2.75) is 108 Å². The van der Waals surface area contributed by atoms with Crippen LogP contribution in [0.25, 0.3) is 10.8 Å². The van der Waals surface area contributed by atoms with Gasteiger partial charge in [0.05, 0.1) is 30.0 Å². The van der Waals surface area contributed by atoms with E-state index in [0.717, 1.165) is 10.8 Å². The normalized spacial score (nSPS) is 35.2. The molecule has 4 N–H and O–H groups in total. The number of ketones is 2. The van der Waals surface area contributed by atoms with Gasteiger partial charge in [-0.05, 0) is 112 Å². The van der Waals surface area contributed by atoms with Gasteiger partial charge in [-0.15, -0.1) is 0 Å². The van der Waals surface area contributed by atoms with E-state index in [1.165, 1.54) is 12.2 Å². The van der Waals surface area contributed by atoms with E-state index in [1.807, 2.05) is 31.2 Å². The third kappa shape index (κ3) is 6.78. The highest BCUT2D eigenvalue weighted by Gasteiger charge is 2.80. The van der Waals surface area contributed by atoms with Gasteiger partial charge in [-0.25, -0.2) is 4.39 Å². The Morgan fingerprint density at radius 1 is 0.968 bits per heavy atom. The van der Waals surface area contributed by atoms with Crippen molar-refractivity contribution in [3.05, 3.63) is 95.9 Å². The summed E-state index contributed by atoms with van der Waals surface area (Å²) in [5, 5.41) is 16.7. The zero-order chi connectivity index (χ0) is 44.7. The molecule has 14 heteroatoms. The fourth-order valence-corrected chi connectivity index (χ4v) is 12.1. The van der Waals surface area contributed by atoms with Gasteiger partial charge in [0.15, 0.2) is 29.4 Å². The molecule has 2 aromatic carbocycles. The van der Waals surface area contributed by atoms with Crippen molar-refractivity contribution < 1.29 is 52.4 Å². The van der Waals surface area contributed by atoms with E-state index in [4.69, 9.17) is 24.7 Å². The average Bonchev–Trinajstić information content (AvgIpc) is 3.65. The quantitative estimate of drug-likeness (QED) is 0.192. The molecule has 5 aliphatic carbocycles. The number of rotatable bonds is 11. The number of aliphatic hydroxyl groups excluding tert-OH is 1. The molecule has 1 amide bonds. The number of nitrogens with zero attached hydrogens (tertiary/aromatic N) is 1. The number of hydrogen-bond acceptors (Lipinski definition) is 12. The highest BCUT2D eigenvalue weighted by molar-refractivity contribution is 6.01. The summed E-state index contributed by atoms with van der Waals surface area (Å²) in [5.41, 5.74) is 2.66. The van der Waals surface area contributed by atoms with Gasteiger partial charge >= 0.3 is 11.9 Å². The van der Waals surface area contributed by atoms with E-state index in [9.17, 15) is 29.1 Å². The number of alkyl halides is 1. The molecule has 13 nitrogen and oxygen atoms in total. The number of aromatic nitrogens is 1. The number of esters is 2. The summed E-state index contributed by atoms with van der Waals surface area (Å²) in [5.74, 6) is -6.74. The van der Waals surface area contributed by atoms with Crippen molar-refractivity contribution in [1.82, 2.24) is 4.98 Å². The maximum Gasteiger partial charge on any atom is 0.310 e. The van der Waals surface area contributed by atoms with E-state index < -0.39 is 94.0 Å². The Hall–Kier alpha value is -5.15. The molecule has 0 radical (unpaired) electrons. The summed E-state index contributed by atoms with van der Waals surface area (Å²) in [6, 6.07) is 14.5. The lowest BCUT2D eigenvalue weighted by molar-refractivity contribution is -0.246. The van der Waals surface area contributed by atoms with Crippen LogP contribution < -0.4 is 11.1 Å². The fourth-order valence-electron chi connectivity index (χ4n) is 12.1. The third-order valence-electron chi connectivity index (χ3n) is 15.5. The van der Waals surface area contributed by atoms with E-state index in [0.29, 0.717) is 54.5 Å². The molecule has 63 heavy (non-hydrogen) atoms. The topological polar surface area (TPSA) is 193 Å². The van der Waals surface area contributed by atoms with Crippen LogP contribution in [0.4, 0.5) is 10.1 Å². The summed E-state index contributed by atoms with van der Waals surface area (Å²) < 4.78 is 42.0. The second kappa shape index (κ2) is 15.5. The lowest BCUT2D eigenvalue weighted by Crippen LogP contribution is -2.70. The van der Waals surface area contributed by atoms with Gasteiger partial charge < -0.3 is 35.1 Å². The minimum atomic E-state index is -2.11. The number of pyridine rings is 1. The van der Waals surface area contributed by atoms with E-state index in [2.05, 4.69) is 10.3 Å². The van der Waals surface area contributed by atoms with Gasteiger partial charge in [0, 0.05) is 46.8 Å². The van der Waals surface area contributed by atoms with Gasteiger partial charge in [0.25, 0.3) is 0 Å². The summed E-state index contributed by atoms with van der Waals surface area (Å²) >= 11 is 0. The van der Waals surface area contributed by atoms with Crippen LogP contribution >= 0.6 is 0 Å². The van der Waals surface area contributed by atoms with Gasteiger partial charge in [0.2, 0.25) is 11.7 Å². The zero-order valence-electron chi connectivity index (χ0n) is 35.9. The number of aliphatic hydroxyl groups is 1. The first kappa shape index (κ1) is 43.1. The second-order valence-corrected chi connectivity index (χ2v) is 19.2. The minimum Gasteiger partial charge on any atom is -0.461 e. The standard InChI is InChI=1S/C49H54FN3O10/c1-45(2)62-41-21-38-37-14-10-31-20-33(54)15-17-46(31,3)48(37,50)39(55)22-47(38,4)49(41,63-45)40(56)26-61-44(59)35-13-12-34(35)43(58)60-25-27-5-7-28(8-6-27)36(23-51)42(57)53-32-11-9-30-24-52-18-16-29(30)19-32/h5-9,11,15-20,24,34-39,41,55H,10,12-14,21-23,25-26,51H2,1-4H3,(H,53,57)/t34-,35?,36-,37+,38+,39+,41-,46+,47+,48+,49-/m1/s1. The lowest BCUT2D eigenvalue weighted by atomic mass is 9.44. The largest absolute Gasteiger partial charge is 0.461 e. The van der Waals surface area contributed by atoms with Crippen molar-refractivity contribution in [2.75, 3.05) is 18.5 Å². The highest BCUT2D eigenvalue weighted by Crippen LogP contribution is 2.72. The maximum absolute atomic E-state index is 17.8. The van der Waals surface area contributed by atoms with Gasteiger partial charge in [0.1, 0.15) is 6.61 Å². The number of benzene rings is 2. The van der Waals surface area contributed by atoms with Crippen molar-refractivity contribution >= 4 is 45.9 Å². The molecule has 2 heterocycles. The Balaban J connectivity index is 0.819. The number of fused-ring (bicyclic) bond motifs is 8. The van der Waals surface area contributed by atoms with Crippen molar-refractivity contribution in [2.24, 2.45) is 40.2 Å². The first-order valence-electron chi connectivity index (χ1n) is 21.9. The van der Waals surface area contributed by atoms with Crippen LogP contribution in [0.15, 0.2) is 84.7 Å². The number of amides is 1. The molecule has 0 bridgehead atoms. The monoisotopic (exact) mass is 863 g/mol. The molecule has 332 valence electrons. The van der Waals surface area contributed by atoms with Gasteiger partial charge in [-0.1, -0.05) is 48.9 Å². The molecular formula is C49H54FN3O10. The smallest absolute Gasteiger partial charge is 0.310 e. The molecule has 9 rings (SSSR count). The number of nitrogens with two attached hydrogens (primary N) is 1. The van der Waals surface area contributed by atoms with Crippen LogP contribution in [0, 0.1) is 34.5 Å². The number of hydrogen-bond donors (Lipinski definition) is 3. The van der Waals surface area contributed by atoms with Crippen molar-refractivity contribution in [3.8, 4) is 0 Å². The van der Waals surface area contributed by atoms with E-state index in [-0.39, 0.29) is 31.3 Å². The molecule has 1 aromatic heterocycles. The Bertz CT molecular complexity index is 2450. The molecule has 3 aromatic rings. The maximum atomic E-state index is 17.8. The zero-order valence-corrected chi connectivity index (χ0v) is 35.9. The number of nitrogens with one attached hydrogen (secondary N) is 1. The van der Waals surface area contributed by atoms with Crippen LogP contribution in [0.5, 0.6) is 0 Å². The summed E-state index contributed by atoms with van der Waals surface area (Å²) in [6.45, 7) is 6.36. The lowest BCUT2D eigenvalue weighted by Gasteiger charge is -2.62. The van der Waals surface area contributed by atoms with Crippen LogP contribution in [-0.4, -0.2) is 81.9 Å². The Kier molecular flexibility index (Phi) is 10.6. The van der Waals surface area contributed by atoms with Gasteiger partial charge in [-0.2, -0.15) is 0 Å². The number of carbonyl (C=O) groups is 5. The molecule has 0 spiro atoms. The summed E-state index contributed by atoms with van der Waals surface area (Å²) in [4.78, 5) is 71.0. The molecule has 5 fully saturated rings. The SMILES string of the molecule is CC1(C)O[C@@H]2C[C@H]3[C@@H]4CCC5=CC(=O)C=C[C@]5(C)[C@@]4(F)[C@@H](O)C[C@]3(C)[C@]2(C(=O)COC(=O)C2CC[C@H]2C(=O)OCc2ccc([C@@H](CN)C(=O)Nc3ccc4cnccc4c3)cc2)O1. The van der Waals surface area contributed by atoms with Crippen LogP contribution in [0.1, 0.15) is 83.3 Å². The number of ether oxygens (including phenoxy) is 4. The Morgan fingerprint density at radius 3 is 2.41 bits per heavy atom. The Morgan fingerprint density at radius 2 is 1.70 bits per heavy atom. The van der Waals surface area contributed by atoms with Crippen molar-refractivity contribution in [1.29, 1.82) is 0 Å². The average molecular weight is 864 g/mol.